The zero-order valence-electron chi connectivity index (χ0n) is 11.7. The van der Waals surface area contributed by atoms with Crippen LogP contribution in [0.1, 0.15) is 47.8 Å². The molecule has 1 aromatic carbocycles. The number of benzene rings is 1. The van der Waals surface area contributed by atoms with Crippen molar-refractivity contribution in [1.29, 1.82) is 0 Å². The lowest BCUT2D eigenvalue weighted by atomic mass is 9.90. The van der Waals surface area contributed by atoms with Crippen molar-refractivity contribution in [2.45, 2.75) is 31.8 Å². The number of halogens is 1. The lowest BCUT2D eigenvalue weighted by molar-refractivity contribution is 0.151. The van der Waals surface area contributed by atoms with Gasteiger partial charge in [-0.2, -0.15) is 0 Å². The summed E-state index contributed by atoms with van der Waals surface area (Å²) in [4.78, 5) is 0.787. The van der Waals surface area contributed by atoms with Crippen molar-refractivity contribution in [3.8, 4) is 0 Å². The Morgan fingerprint density at radius 3 is 2.20 bits per heavy atom. The van der Waals surface area contributed by atoms with Crippen LogP contribution in [-0.4, -0.2) is 11.7 Å². The summed E-state index contributed by atoms with van der Waals surface area (Å²) in [5, 5.41) is 13.0. The summed E-state index contributed by atoms with van der Waals surface area (Å²) >= 11 is 7.57. The molecule has 4 heteroatoms. The van der Waals surface area contributed by atoms with Gasteiger partial charge in [0.2, 0.25) is 0 Å². The van der Waals surface area contributed by atoms with Gasteiger partial charge in [-0.05, 0) is 28.5 Å². The first kappa shape index (κ1) is 15.5. The normalized spacial score (nSPS) is 14.5. The zero-order valence-corrected chi connectivity index (χ0v) is 13.3. The van der Waals surface area contributed by atoms with Crippen LogP contribution in [0.2, 0.25) is 5.02 Å². The molecule has 2 atom stereocenters. The van der Waals surface area contributed by atoms with Crippen molar-refractivity contribution < 1.29 is 5.11 Å². The minimum Gasteiger partial charge on any atom is -0.387 e. The van der Waals surface area contributed by atoms with Crippen LogP contribution in [0.25, 0.3) is 0 Å². The Morgan fingerprint density at radius 1 is 1.15 bits per heavy atom. The van der Waals surface area contributed by atoms with Gasteiger partial charge < -0.3 is 10.8 Å². The Morgan fingerprint density at radius 2 is 1.75 bits per heavy atom. The maximum Gasteiger partial charge on any atom is 0.0977 e. The molecule has 0 fully saturated rings. The minimum atomic E-state index is -0.655. The van der Waals surface area contributed by atoms with Crippen LogP contribution in [0.4, 0.5) is 0 Å². The maximum atomic E-state index is 10.5. The molecule has 20 heavy (non-hydrogen) atoms. The van der Waals surface area contributed by atoms with Crippen molar-refractivity contribution in [2.75, 3.05) is 6.54 Å². The Balaban J connectivity index is 2.26. The predicted molar refractivity (Wildman–Crippen MR) is 86.6 cm³/mol. The van der Waals surface area contributed by atoms with Gasteiger partial charge in [0.1, 0.15) is 0 Å². The first-order valence-corrected chi connectivity index (χ1v) is 8.01. The van der Waals surface area contributed by atoms with E-state index < -0.39 is 6.10 Å². The van der Waals surface area contributed by atoms with E-state index in [1.807, 2.05) is 5.38 Å². The summed E-state index contributed by atoms with van der Waals surface area (Å²) in [7, 11) is 0. The van der Waals surface area contributed by atoms with Crippen LogP contribution in [0.15, 0.2) is 35.7 Å². The smallest absolute Gasteiger partial charge is 0.0977 e. The molecule has 1 aromatic heterocycles. The molecule has 2 nitrogen and oxygen atoms in total. The van der Waals surface area contributed by atoms with E-state index in [0.717, 1.165) is 10.4 Å². The van der Waals surface area contributed by atoms with E-state index >= 15 is 0 Å². The van der Waals surface area contributed by atoms with E-state index in [1.165, 1.54) is 16.9 Å². The quantitative estimate of drug-likeness (QED) is 0.865. The third kappa shape index (κ3) is 3.23. The van der Waals surface area contributed by atoms with Crippen molar-refractivity contribution in [3.05, 3.63) is 56.7 Å². The molecule has 108 valence electrons. The predicted octanol–water partition coefficient (Wildman–Crippen LogP) is 4.30. The van der Waals surface area contributed by atoms with E-state index in [9.17, 15) is 5.11 Å². The fourth-order valence-electron chi connectivity index (χ4n) is 2.27. The van der Waals surface area contributed by atoms with Gasteiger partial charge >= 0.3 is 0 Å². The second kappa shape index (κ2) is 6.72. The Bertz CT molecular complexity index is 550. The van der Waals surface area contributed by atoms with Gasteiger partial charge in [-0.1, -0.05) is 49.7 Å². The van der Waals surface area contributed by atoms with Gasteiger partial charge in [0.25, 0.3) is 0 Å². The number of thiophene rings is 1. The lowest BCUT2D eigenvalue weighted by Gasteiger charge is -2.22. The average molecular weight is 310 g/mol. The number of hydrogen-bond donors (Lipinski definition) is 2. The van der Waals surface area contributed by atoms with Gasteiger partial charge in [-0.3, -0.25) is 0 Å². The molecule has 0 aliphatic rings. The van der Waals surface area contributed by atoms with Gasteiger partial charge in [0.05, 0.1) is 16.0 Å². The van der Waals surface area contributed by atoms with Gasteiger partial charge in [-0.25, -0.2) is 0 Å². The number of nitrogens with two attached hydrogens (primary N) is 1. The second-order valence-corrected chi connectivity index (χ2v) is 6.60. The fourth-order valence-corrected chi connectivity index (χ4v) is 3.49. The molecule has 0 saturated heterocycles. The number of aliphatic hydroxyl groups excluding tert-OH is 1. The molecule has 0 aliphatic carbocycles. The van der Waals surface area contributed by atoms with Crippen LogP contribution in [0, 0.1) is 0 Å². The number of rotatable bonds is 5. The summed E-state index contributed by atoms with van der Waals surface area (Å²) in [6.07, 6.45) is -0.655. The van der Waals surface area contributed by atoms with Crippen LogP contribution in [0.5, 0.6) is 0 Å². The first-order valence-electron chi connectivity index (χ1n) is 6.75. The highest BCUT2D eigenvalue weighted by Gasteiger charge is 2.24. The molecule has 0 bridgehead atoms. The van der Waals surface area contributed by atoms with E-state index in [2.05, 4.69) is 38.1 Å². The molecule has 1 heterocycles. The molecule has 0 radical (unpaired) electrons. The molecule has 2 rings (SSSR count). The van der Waals surface area contributed by atoms with E-state index in [1.54, 1.807) is 6.07 Å². The van der Waals surface area contributed by atoms with Gasteiger partial charge in [0.15, 0.2) is 0 Å². The van der Waals surface area contributed by atoms with Crippen LogP contribution in [-0.2, 0) is 0 Å². The molecular weight excluding hydrogens is 290 g/mol. The SMILES string of the molecule is CC(C)c1ccc(C(CN)C(O)c2sccc2Cl)cc1. The van der Waals surface area contributed by atoms with E-state index in [4.69, 9.17) is 17.3 Å². The van der Waals surface area contributed by atoms with Gasteiger partial charge in [0, 0.05) is 12.5 Å². The Kier molecular flexibility index (Phi) is 5.22. The van der Waals surface area contributed by atoms with Crippen molar-refractivity contribution >= 4 is 22.9 Å². The fraction of sp³-hybridized carbons (Fsp3) is 0.375. The summed E-state index contributed by atoms with van der Waals surface area (Å²) in [5.74, 6) is 0.365. The standard InChI is InChI=1S/C16H20ClNOS/c1-10(2)11-3-5-12(6-4-11)13(9-18)15(19)16-14(17)7-8-20-16/h3-8,10,13,15,19H,9,18H2,1-2H3. The third-order valence-corrected chi connectivity index (χ3v) is 5.01. The molecule has 0 saturated carbocycles. The minimum absolute atomic E-state index is 0.132. The number of aliphatic hydroxyl groups is 1. The molecular formula is C16H20ClNOS. The molecule has 0 amide bonds. The zero-order chi connectivity index (χ0) is 14.7. The van der Waals surface area contributed by atoms with Crippen LogP contribution < -0.4 is 5.73 Å². The monoisotopic (exact) mass is 309 g/mol. The number of hydrogen-bond acceptors (Lipinski definition) is 3. The summed E-state index contributed by atoms with van der Waals surface area (Å²) in [6, 6.07) is 10.1. The van der Waals surface area contributed by atoms with Crippen molar-refractivity contribution in [2.24, 2.45) is 5.73 Å². The van der Waals surface area contributed by atoms with Gasteiger partial charge in [-0.15, -0.1) is 11.3 Å². The first-order chi connectivity index (χ1) is 9.54. The second-order valence-electron chi connectivity index (χ2n) is 5.24. The highest BCUT2D eigenvalue weighted by atomic mass is 35.5. The third-order valence-electron chi connectivity index (χ3n) is 3.58. The van der Waals surface area contributed by atoms with Crippen molar-refractivity contribution in [3.63, 3.8) is 0 Å². The highest BCUT2D eigenvalue weighted by Crippen LogP contribution is 2.37. The van der Waals surface area contributed by atoms with E-state index in [-0.39, 0.29) is 5.92 Å². The van der Waals surface area contributed by atoms with Crippen LogP contribution in [0.3, 0.4) is 0 Å². The van der Waals surface area contributed by atoms with Crippen LogP contribution >= 0.6 is 22.9 Å². The molecule has 3 N–H and O–H groups in total. The highest BCUT2D eigenvalue weighted by molar-refractivity contribution is 7.10. The summed E-state index contributed by atoms with van der Waals surface area (Å²) in [6.45, 7) is 4.71. The topological polar surface area (TPSA) is 46.2 Å². The molecule has 2 aromatic rings. The summed E-state index contributed by atoms with van der Waals surface area (Å²) in [5.41, 5.74) is 8.20. The molecule has 0 spiro atoms. The molecule has 0 aliphatic heterocycles. The summed E-state index contributed by atoms with van der Waals surface area (Å²) < 4.78 is 0. The largest absolute Gasteiger partial charge is 0.387 e. The maximum absolute atomic E-state index is 10.5. The Labute approximate surface area is 129 Å². The van der Waals surface area contributed by atoms with Crippen molar-refractivity contribution in [1.82, 2.24) is 0 Å². The van der Waals surface area contributed by atoms with E-state index in [0.29, 0.717) is 17.5 Å². The molecule has 2 unspecified atom stereocenters. The lowest BCUT2D eigenvalue weighted by Crippen LogP contribution is -2.19. The Hall–Kier alpha value is -0.870. The average Bonchev–Trinajstić information content (AvgIpc) is 2.86.